The van der Waals surface area contributed by atoms with Gasteiger partial charge in [-0.2, -0.15) is 26.3 Å². The summed E-state index contributed by atoms with van der Waals surface area (Å²) in [5, 5.41) is 9.61. The quantitative estimate of drug-likeness (QED) is 0.629. The molecule has 0 aliphatic carbocycles. The Kier molecular flexibility index (Phi) is 5.31. The summed E-state index contributed by atoms with van der Waals surface area (Å²) in [7, 11) is 0. The normalized spacial score (nSPS) is 12.0. The summed E-state index contributed by atoms with van der Waals surface area (Å²) in [6.07, 6.45) is -7.33. The average molecular weight is 394 g/mol. The molecule has 1 heterocycles. The summed E-state index contributed by atoms with van der Waals surface area (Å²) in [6, 6.07) is 1.10. The van der Waals surface area contributed by atoms with E-state index in [0.29, 0.717) is 12.1 Å². The molecule has 0 amide bonds. The highest BCUT2D eigenvalue weighted by atomic mass is 35.5. The second-order valence-corrected chi connectivity index (χ2v) is 5.35. The van der Waals surface area contributed by atoms with E-state index in [1.807, 2.05) is 0 Å². The van der Waals surface area contributed by atoms with Crippen molar-refractivity contribution in [1.29, 1.82) is 0 Å². The molecule has 0 saturated carbocycles. The van der Waals surface area contributed by atoms with Crippen LogP contribution in [0, 0.1) is 0 Å². The van der Waals surface area contributed by atoms with Crippen molar-refractivity contribution < 1.29 is 26.3 Å². The van der Waals surface area contributed by atoms with E-state index in [1.54, 1.807) is 0 Å². The summed E-state index contributed by atoms with van der Waals surface area (Å²) in [4.78, 5) is 0. The van der Waals surface area contributed by atoms with Crippen LogP contribution in [0.4, 0.5) is 37.8 Å². The zero-order valence-corrected chi connectivity index (χ0v) is 13.6. The van der Waals surface area contributed by atoms with E-state index in [-0.39, 0.29) is 28.2 Å². The number of rotatable bonds is 4. The second-order valence-electron chi connectivity index (χ2n) is 4.99. The van der Waals surface area contributed by atoms with Gasteiger partial charge in [0.25, 0.3) is 0 Å². The maximum Gasteiger partial charge on any atom is 0.416 e. The molecule has 10 heteroatoms. The molecule has 0 saturated heterocycles. The minimum absolute atomic E-state index is 0.0301. The monoisotopic (exact) mass is 393 g/mol. The van der Waals surface area contributed by atoms with Gasteiger partial charge in [0, 0.05) is 16.8 Å². The van der Waals surface area contributed by atoms with Crippen molar-refractivity contribution in [1.82, 2.24) is 10.2 Å². The molecule has 2 rings (SSSR count). The van der Waals surface area contributed by atoms with Crippen LogP contribution in [0.25, 0.3) is 12.2 Å². The van der Waals surface area contributed by atoms with E-state index >= 15 is 0 Å². The third-order valence-corrected chi connectivity index (χ3v) is 3.54. The Morgan fingerprint density at radius 2 is 1.35 bits per heavy atom. The van der Waals surface area contributed by atoms with E-state index in [2.05, 4.69) is 28.7 Å². The highest BCUT2D eigenvalue weighted by molar-refractivity contribution is 6.31. The Morgan fingerprint density at radius 1 is 0.846 bits per heavy atom. The molecule has 0 bridgehead atoms. The van der Waals surface area contributed by atoms with Gasteiger partial charge in [0.05, 0.1) is 11.1 Å². The molecule has 3 nitrogen and oxygen atoms in total. The van der Waals surface area contributed by atoms with Crippen molar-refractivity contribution in [2.24, 2.45) is 0 Å². The third-order valence-electron chi connectivity index (χ3n) is 3.26. The fraction of sp³-hybridized carbons (Fsp3) is 0.125. The molecular weight excluding hydrogens is 384 g/mol. The molecule has 0 spiro atoms. The highest BCUT2D eigenvalue weighted by Crippen LogP contribution is 2.38. The lowest BCUT2D eigenvalue weighted by atomic mass is 10.1. The molecule has 0 radical (unpaired) electrons. The summed E-state index contributed by atoms with van der Waals surface area (Å²) in [5.41, 5.74) is -2.88. The lowest BCUT2D eigenvalue weighted by Gasteiger charge is -2.16. The molecule has 0 fully saturated rings. The highest BCUT2D eigenvalue weighted by Gasteiger charge is 2.37. The number of halogens is 7. The molecule has 1 aromatic carbocycles. The fourth-order valence-electron chi connectivity index (χ4n) is 2.10. The predicted molar refractivity (Wildman–Crippen MR) is 87.0 cm³/mol. The lowest BCUT2D eigenvalue weighted by Crippen LogP contribution is -2.12. The van der Waals surface area contributed by atoms with Crippen molar-refractivity contribution in [3.8, 4) is 0 Å². The van der Waals surface area contributed by atoms with E-state index in [1.165, 1.54) is 12.2 Å². The van der Waals surface area contributed by atoms with E-state index < -0.39 is 29.2 Å². The maximum absolute atomic E-state index is 12.9. The molecular formula is C16H10ClF6N3. The predicted octanol–water partition coefficient (Wildman–Crippen LogP) is 6.20. The second kappa shape index (κ2) is 6.99. The number of anilines is 2. The largest absolute Gasteiger partial charge is 0.416 e. The Bertz CT molecular complexity index is 826. The van der Waals surface area contributed by atoms with Gasteiger partial charge in [-0.25, -0.2) is 0 Å². The fourth-order valence-corrected chi connectivity index (χ4v) is 2.31. The lowest BCUT2D eigenvalue weighted by molar-refractivity contribution is -0.143. The number of benzene rings is 1. The first-order chi connectivity index (χ1) is 12.0. The molecule has 0 aliphatic heterocycles. The van der Waals surface area contributed by atoms with Crippen LogP contribution in [0.3, 0.4) is 0 Å². The zero-order chi connectivity index (χ0) is 19.7. The van der Waals surface area contributed by atoms with Crippen LogP contribution in [0.15, 0.2) is 31.4 Å². The molecule has 0 atom stereocenters. The van der Waals surface area contributed by atoms with Crippen LogP contribution in [-0.4, -0.2) is 10.2 Å². The molecule has 0 unspecified atom stereocenters. The number of hydrogen-bond acceptors (Lipinski definition) is 3. The van der Waals surface area contributed by atoms with Gasteiger partial charge >= 0.3 is 12.4 Å². The van der Waals surface area contributed by atoms with Crippen LogP contribution in [0.1, 0.15) is 22.3 Å². The Labute approximate surface area is 149 Å². The van der Waals surface area contributed by atoms with E-state index in [0.717, 1.165) is 0 Å². The van der Waals surface area contributed by atoms with Crippen LogP contribution in [0.5, 0.6) is 0 Å². The number of nitrogens with zero attached hydrogens (tertiary/aromatic N) is 2. The van der Waals surface area contributed by atoms with E-state index in [9.17, 15) is 26.3 Å². The van der Waals surface area contributed by atoms with Gasteiger partial charge in [0.2, 0.25) is 0 Å². The minimum atomic E-state index is -4.96. The van der Waals surface area contributed by atoms with Gasteiger partial charge in [0.15, 0.2) is 11.0 Å². The first-order valence-electron chi connectivity index (χ1n) is 6.85. The van der Waals surface area contributed by atoms with Crippen molar-refractivity contribution in [3.05, 3.63) is 58.8 Å². The Hall–Kier alpha value is -2.55. The molecule has 1 aromatic heterocycles. The van der Waals surface area contributed by atoms with Crippen LogP contribution in [-0.2, 0) is 12.4 Å². The van der Waals surface area contributed by atoms with Crippen molar-refractivity contribution in [2.45, 2.75) is 12.4 Å². The molecule has 138 valence electrons. The summed E-state index contributed by atoms with van der Waals surface area (Å²) in [6.45, 7) is 7.04. The first-order valence-corrected chi connectivity index (χ1v) is 7.22. The van der Waals surface area contributed by atoms with Gasteiger partial charge in [-0.3, -0.25) is 0 Å². The van der Waals surface area contributed by atoms with Crippen LogP contribution >= 0.6 is 11.6 Å². The van der Waals surface area contributed by atoms with E-state index in [4.69, 9.17) is 11.6 Å². The van der Waals surface area contributed by atoms with Crippen molar-refractivity contribution >= 4 is 35.3 Å². The zero-order valence-electron chi connectivity index (χ0n) is 12.8. The van der Waals surface area contributed by atoms with Gasteiger partial charge in [-0.1, -0.05) is 36.9 Å². The number of nitrogens with one attached hydrogen (secondary N) is 1. The average Bonchev–Trinajstić information content (AvgIpc) is 2.54. The van der Waals surface area contributed by atoms with Crippen LogP contribution < -0.4 is 5.32 Å². The van der Waals surface area contributed by atoms with Gasteiger partial charge in [0.1, 0.15) is 0 Å². The minimum Gasteiger partial charge on any atom is -0.338 e. The van der Waals surface area contributed by atoms with Crippen molar-refractivity contribution in [3.63, 3.8) is 0 Å². The summed E-state index contributed by atoms with van der Waals surface area (Å²) < 4.78 is 77.5. The third kappa shape index (κ3) is 4.16. The number of aromatic nitrogens is 2. The molecule has 26 heavy (non-hydrogen) atoms. The van der Waals surface area contributed by atoms with Crippen molar-refractivity contribution in [2.75, 3.05) is 5.32 Å². The number of hydrogen-bond donors (Lipinski definition) is 1. The Morgan fingerprint density at radius 3 is 1.77 bits per heavy atom. The van der Waals surface area contributed by atoms with Gasteiger partial charge in [-0.15, -0.1) is 10.2 Å². The standard InChI is InChI=1S/C16H10ClF6N3/c1-3-11-12(4-2)14(26-25-13(11)17)24-10-6-8(15(18,19)20)5-9(7-10)16(21,22)23/h3-7H,1-2H2,(H,24,26). The molecule has 1 N–H and O–H groups in total. The maximum atomic E-state index is 12.9. The van der Waals surface area contributed by atoms with Gasteiger partial charge in [-0.05, 0) is 18.2 Å². The molecule has 2 aromatic rings. The Balaban J connectivity index is 2.60. The summed E-state index contributed by atoms with van der Waals surface area (Å²) in [5.74, 6) is -0.119. The SMILES string of the molecule is C=Cc1c(Cl)nnc(Nc2cc(C(F)(F)F)cc(C(F)(F)F)c2)c1C=C. The first kappa shape index (κ1) is 19.8. The van der Waals surface area contributed by atoms with Gasteiger partial charge < -0.3 is 5.32 Å². The molecule has 0 aliphatic rings. The van der Waals surface area contributed by atoms with Crippen LogP contribution in [0.2, 0.25) is 5.15 Å². The number of alkyl halides is 6. The summed E-state index contributed by atoms with van der Waals surface area (Å²) >= 11 is 5.84. The topological polar surface area (TPSA) is 37.8 Å². The smallest absolute Gasteiger partial charge is 0.338 e.